The highest BCUT2D eigenvalue weighted by atomic mass is 35.5. The SMILES string of the molecule is O=C(CS(=O)C1CCCCC1)c1ccc(Cl)s1. The number of carbonyl (C=O) groups is 1. The number of Topliss-reactive ketones (excluding diaryl/α,β-unsaturated/α-hetero) is 1. The van der Waals surface area contributed by atoms with Crippen molar-refractivity contribution in [3.63, 3.8) is 0 Å². The van der Waals surface area contributed by atoms with Crippen LogP contribution < -0.4 is 0 Å². The maximum Gasteiger partial charge on any atom is 0.185 e. The molecule has 1 aliphatic rings. The van der Waals surface area contributed by atoms with E-state index in [1.807, 2.05) is 0 Å². The molecule has 94 valence electrons. The van der Waals surface area contributed by atoms with Gasteiger partial charge >= 0.3 is 0 Å². The number of rotatable bonds is 4. The first-order valence-electron chi connectivity index (χ1n) is 5.82. The molecule has 1 saturated carbocycles. The molecular weight excluding hydrogens is 276 g/mol. The Labute approximate surface area is 113 Å². The van der Waals surface area contributed by atoms with Crippen molar-refractivity contribution in [2.75, 3.05) is 5.75 Å². The summed E-state index contributed by atoms with van der Waals surface area (Å²) in [7, 11) is -1.01. The predicted molar refractivity (Wildman–Crippen MR) is 73.5 cm³/mol. The van der Waals surface area contributed by atoms with E-state index in [1.165, 1.54) is 17.8 Å². The summed E-state index contributed by atoms with van der Waals surface area (Å²) < 4.78 is 12.7. The number of ketones is 1. The minimum Gasteiger partial charge on any atom is -0.292 e. The fraction of sp³-hybridized carbons (Fsp3) is 0.583. The first kappa shape index (κ1) is 13.2. The highest BCUT2D eigenvalue weighted by molar-refractivity contribution is 7.86. The van der Waals surface area contributed by atoms with Crippen molar-refractivity contribution < 1.29 is 9.00 Å². The van der Waals surface area contributed by atoms with Gasteiger partial charge in [0.1, 0.15) is 0 Å². The molecule has 0 bridgehead atoms. The van der Waals surface area contributed by atoms with E-state index in [1.54, 1.807) is 12.1 Å². The number of carbonyl (C=O) groups excluding carboxylic acids is 1. The van der Waals surface area contributed by atoms with Gasteiger partial charge in [-0.15, -0.1) is 11.3 Å². The lowest BCUT2D eigenvalue weighted by Gasteiger charge is -2.20. The highest BCUT2D eigenvalue weighted by Gasteiger charge is 2.22. The number of hydrogen-bond acceptors (Lipinski definition) is 3. The molecule has 1 heterocycles. The Morgan fingerprint density at radius 2 is 2.06 bits per heavy atom. The van der Waals surface area contributed by atoms with E-state index in [0.717, 1.165) is 25.7 Å². The van der Waals surface area contributed by atoms with Crippen LogP contribution in [0.1, 0.15) is 41.8 Å². The molecule has 0 saturated heterocycles. The summed E-state index contributed by atoms with van der Waals surface area (Å²) in [6, 6.07) is 3.43. The molecule has 2 nitrogen and oxygen atoms in total. The Morgan fingerprint density at radius 3 is 2.65 bits per heavy atom. The third-order valence-electron chi connectivity index (χ3n) is 3.05. The summed E-state index contributed by atoms with van der Waals surface area (Å²) in [5, 5.41) is 0.225. The number of thiophene rings is 1. The molecular formula is C12H15ClO2S2. The summed E-state index contributed by atoms with van der Waals surface area (Å²) in [5.74, 6) is 0.118. The smallest absolute Gasteiger partial charge is 0.185 e. The van der Waals surface area contributed by atoms with E-state index in [-0.39, 0.29) is 16.8 Å². The van der Waals surface area contributed by atoms with Gasteiger partial charge in [0.2, 0.25) is 0 Å². The summed E-state index contributed by atoms with van der Waals surface area (Å²) in [5.41, 5.74) is 0. The normalized spacial score (nSPS) is 19.1. The fourth-order valence-electron chi connectivity index (χ4n) is 2.11. The molecule has 2 rings (SSSR count). The van der Waals surface area contributed by atoms with Gasteiger partial charge in [0, 0.05) is 16.0 Å². The van der Waals surface area contributed by atoms with Crippen molar-refractivity contribution >= 4 is 39.5 Å². The molecule has 0 aromatic carbocycles. The minimum absolute atomic E-state index is 0.0363. The average molecular weight is 291 g/mol. The van der Waals surface area contributed by atoms with Crippen LogP contribution in [0.2, 0.25) is 4.34 Å². The summed E-state index contributed by atoms with van der Waals surface area (Å²) in [6.07, 6.45) is 5.54. The lowest BCUT2D eigenvalue weighted by molar-refractivity contribution is 0.102. The summed E-state index contributed by atoms with van der Waals surface area (Å²) in [4.78, 5) is 12.5. The van der Waals surface area contributed by atoms with Gasteiger partial charge in [-0.2, -0.15) is 0 Å². The van der Waals surface area contributed by atoms with E-state index in [0.29, 0.717) is 9.21 Å². The molecule has 1 aromatic heterocycles. The first-order valence-corrected chi connectivity index (χ1v) is 8.40. The van der Waals surface area contributed by atoms with Crippen molar-refractivity contribution in [3.05, 3.63) is 21.3 Å². The zero-order valence-corrected chi connectivity index (χ0v) is 11.9. The second-order valence-corrected chi connectivity index (χ2v) is 7.74. The van der Waals surface area contributed by atoms with Crippen LogP contribution in [0.15, 0.2) is 12.1 Å². The third-order valence-corrected chi connectivity index (χ3v) is 6.08. The largest absolute Gasteiger partial charge is 0.292 e. The Kier molecular flexibility index (Phi) is 4.77. The quantitative estimate of drug-likeness (QED) is 0.793. The summed E-state index contributed by atoms with van der Waals surface area (Å²) in [6.45, 7) is 0. The third kappa shape index (κ3) is 3.63. The Morgan fingerprint density at radius 1 is 1.35 bits per heavy atom. The zero-order valence-electron chi connectivity index (χ0n) is 9.49. The predicted octanol–water partition coefficient (Wildman–Crippen LogP) is 3.67. The molecule has 0 radical (unpaired) electrons. The monoisotopic (exact) mass is 290 g/mol. The second-order valence-electron chi connectivity index (χ2n) is 4.31. The van der Waals surface area contributed by atoms with E-state index < -0.39 is 10.8 Å². The van der Waals surface area contributed by atoms with E-state index in [2.05, 4.69) is 0 Å². The molecule has 1 atom stereocenters. The first-order chi connectivity index (χ1) is 8.16. The molecule has 0 N–H and O–H groups in total. The van der Waals surface area contributed by atoms with Crippen molar-refractivity contribution in [3.8, 4) is 0 Å². The van der Waals surface area contributed by atoms with Crippen molar-refractivity contribution in [1.29, 1.82) is 0 Å². The lowest BCUT2D eigenvalue weighted by atomic mass is 10.0. The fourth-order valence-corrected chi connectivity index (χ4v) is 4.69. The van der Waals surface area contributed by atoms with Gasteiger partial charge in [-0.1, -0.05) is 30.9 Å². The van der Waals surface area contributed by atoms with Crippen LogP contribution in [-0.2, 0) is 10.8 Å². The number of halogens is 1. The van der Waals surface area contributed by atoms with Crippen molar-refractivity contribution in [2.45, 2.75) is 37.4 Å². The Bertz CT molecular complexity index is 422. The van der Waals surface area contributed by atoms with Crippen LogP contribution in [0.25, 0.3) is 0 Å². The molecule has 1 aliphatic carbocycles. The van der Waals surface area contributed by atoms with Gasteiger partial charge in [-0.25, -0.2) is 0 Å². The molecule has 1 aromatic rings. The molecule has 0 spiro atoms. The van der Waals surface area contributed by atoms with Crippen LogP contribution in [0.4, 0.5) is 0 Å². The highest BCUT2D eigenvalue weighted by Crippen LogP contribution is 2.25. The van der Waals surface area contributed by atoms with Crippen molar-refractivity contribution in [1.82, 2.24) is 0 Å². The molecule has 1 unspecified atom stereocenters. The standard InChI is InChI=1S/C12H15ClO2S2/c13-12-7-6-11(16-12)10(14)8-17(15)9-4-2-1-3-5-9/h6-7,9H,1-5,8H2. The molecule has 17 heavy (non-hydrogen) atoms. The topological polar surface area (TPSA) is 34.1 Å². The van der Waals surface area contributed by atoms with Crippen LogP contribution in [0.3, 0.4) is 0 Å². The molecule has 5 heteroatoms. The van der Waals surface area contributed by atoms with Gasteiger partial charge < -0.3 is 0 Å². The van der Waals surface area contributed by atoms with E-state index in [9.17, 15) is 9.00 Å². The van der Waals surface area contributed by atoms with Crippen LogP contribution in [0, 0.1) is 0 Å². The molecule has 0 amide bonds. The zero-order chi connectivity index (χ0) is 12.3. The minimum atomic E-state index is -1.01. The van der Waals surface area contributed by atoms with Crippen LogP contribution in [-0.4, -0.2) is 21.0 Å². The van der Waals surface area contributed by atoms with E-state index in [4.69, 9.17) is 11.6 Å². The second kappa shape index (κ2) is 6.12. The van der Waals surface area contributed by atoms with Gasteiger partial charge in [-0.3, -0.25) is 9.00 Å². The Hall–Kier alpha value is -0.190. The van der Waals surface area contributed by atoms with Crippen LogP contribution in [0.5, 0.6) is 0 Å². The van der Waals surface area contributed by atoms with Gasteiger partial charge in [-0.05, 0) is 25.0 Å². The molecule has 1 fully saturated rings. The van der Waals surface area contributed by atoms with E-state index >= 15 is 0 Å². The van der Waals surface area contributed by atoms with Gasteiger partial charge in [0.05, 0.1) is 15.0 Å². The lowest BCUT2D eigenvalue weighted by Crippen LogP contribution is -2.24. The maximum atomic E-state index is 12.1. The van der Waals surface area contributed by atoms with Crippen LogP contribution >= 0.6 is 22.9 Å². The number of hydrogen-bond donors (Lipinski definition) is 0. The average Bonchev–Trinajstić information content (AvgIpc) is 2.77. The van der Waals surface area contributed by atoms with Crippen molar-refractivity contribution in [2.24, 2.45) is 0 Å². The Balaban J connectivity index is 1.91. The summed E-state index contributed by atoms with van der Waals surface area (Å²) >= 11 is 7.05. The molecule has 0 aliphatic heterocycles. The van der Waals surface area contributed by atoms with Gasteiger partial charge in [0.15, 0.2) is 5.78 Å². The maximum absolute atomic E-state index is 12.1. The van der Waals surface area contributed by atoms with Gasteiger partial charge in [0.25, 0.3) is 0 Å².